The number of rotatable bonds is 4. The lowest BCUT2D eigenvalue weighted by atomic mass is 9.95. The van der Waals surface area contributed by atoms with Crippen LogP contribution in [0.1, 0.15) is 41.7 Å². The molecular formula is C15H19N3O3. The fraction of sp³-hybridized carbons (Fsp3) is 0.533. The van der Waals surface area contributed by atoms with Crippen molar-refractivity contribution >= 4 is 12.0 Å². The van der Waals surface area contributed by atoms with Crippen LogP contribution in [0.3, 0.4) is 0 Å². The van der Waals surface area contributed by atoms with E-state index in [4.69, 9.17) is 5.11 Å². The van der Waals surface area contributed by atoms with Gasteiger partial charge < -0.3 is 15.7 Å². The van der Waals surface area contributed by atoms with Gasteiger partial charge in [-0.25, -0.2) is 14.6 Å². The van der Waals surface area contributed by atoms with Crippen molar-refractivity contribution in [2.45, 2.75) is 38.3 Å². The topological polar surface area (TPSA) is 91.3 Å². The van der Waals surface area contributed by atoms with Crippen LogP contribution in [-0.4, -0.2) is 28.1 Å². The lowest BCUT2D eigenvalue weighted by Gasteiger charge is -2.23. The summed E-state index contributed by atoms with van der Waals surface area (Å²) in [6.45, 7) is 0.347. The van der Waals surface area contributed by atoms with Gasteiger partial charge in [0.25, 0.3) is 0 Å². The van der Waals surface area contributed by atoms with Crippen molar-refractivity contribution in [3.05, 3.63) is 29.6 Å². The number of nitrogens with one attached hydrogen (secondary N) is 2. The monoisotopic (exact) mass is 289 g/mol. The number of fused-ring (bicyclic) bond motifs is 2. The van der Waals surface area contributed by atoms with Gasteiger partial charge in [-0.2, -0.15) is 0 Å². The summed E-state index contributed by atoms with van der Waals surface area (Å²) < 4.78 is 0. The van der Waals surface area contributed by atoms with Crippen LogP contribution >= 0.6 is 0 Å². The van der Waals surface area contributed by atoms with Gasteiger partial charge in [0.2, 0.25) is 0 Å². The molecule has 6 nitrogen and oxygen atoms in total. The number of hydrogen-bond acceptors (Lipinski definition) is 3. The van der Waals surface area contributed by atoms with E-state index in [0.717, 1.165) is 17.9 Å². The zero-order valence-electron chi connectivity index (χ0n) is 11.7. The normalized spacial score (nSPS) is 26.6. The summed E-state index contributed by atoms with van der Waals surface area (Å²) in [7, 11) is 0. The molecule has 0 spiro atoms. The van der Waals surface area contributed by atoms with Crippen molar-refractivity contribution in [3.8, 4) is 0 Å². The third-order valence-corrected chi connectivity index (χ3v) is 4.55. The minimum Gasteiger partial charge on any atom is -0.477 e. The molecule has 3 N–H and O–H groups in total. The molecule has 2 saturated carbocycles. The summed E-state index contributed by atoms with van der Waals surface area (Å²) in [5.74, 6) is 0.397. The minimum absolute atomic E-state index is 0.00480. The molecule has 1 heterocycles. The molecule has 0 saturated heterocycles. The zero-order valence-corrected chi connectivity index (χ0v) is 11.7. The highest BCUT2D eigenvalue weighted by molar-refractivity contribution is 5.85. The molecule has 3 rings (SSSR count). The van der Waals surface area contributed by atoms with Crippen molar-refractivity contribution in [1.29, 1.82) is 0 Å². The Morgan fingerprint density at radius 2 is 2.14 bits per heavy atom. The van der Waals surface area contributed by atoms with Gasteiger partial charge in [0, 0.05) is 18.8 Å². The van der Waals surface area contributed by atoms with Gasteiger partial charge >= 0.3 is 12.0 Å². The number of carboxylic acid groups (broad SMARTS) is 1. The summed E-state index contributed by atoms with van der Waals surface area (Å²) in [4.78, 5) is 26.4. The summed E-state index contributed by atoms with van der Waals surface area (Å²) in [6.07, 6.45) is 6.38. The van der Waals surface area contributed by atoms with E-state index in [0.29, 0.717) is 18.5 Å². The molecule has 21 heavy (non-hydrogen) atoms. The van der Waals surface area contributed by atoms with Crippen LogP contribution < -0.4 is 10.6 Å². The van der Waals surface area contributed by atoms with Crippen LogP contribution in [0, 0.1) is 11.8 Å². The third kappa shape index (κ3) is 3.15. The second kappa shape index (κ2) is 5.71. The molecule has 3 unspecified atom stereocenters. The summed E-state index contributed by atoms with van der Waals surface area (Å²) >= 11 is 0. The lowest BCUT2D eigenvalue weighted by Crippen LogP contribution is -2.44. The molecule has 2 bridgehead atoms. The van der Waals surface area contributed by atoms with E-state index in [1.165, 1.54) is 31.5 Å². The Bertz CT molecular complexity index is 544. The Morgan fingerprint density at radius 1 is 1.29 bits per heavy atom. The molecule has 6 heteroatoms. The number of pyridine rings is 1. The highest BCUT2D eigenvalue weighted by Crippen LogP contribution is 2.44. The van der Waals surface area contributed by atoms with Gasteiger partial charge in [-0.15, -0.1) is 0 Å². The second-order valence-electron chi connectivity index (χ2n) is 5.97. The predicted molar refractivity (Wildman–Crippen MR) is 75.8 cm³/mol. The maximum absolute atomic E-state index is 11.9. The zero-order chi connectivity index (χ0) is 14.8. The maximum atomic E-state index is 11.9. The number of carbonyl (C=O) groups is 2. The Balaban J connectivity index is 1.46. The van der Waals surface area contributed by atoms with Crippen LogP contribution in [0.4, 0.5) is 4.79 Å². The molecule has 1 aromatic rings. The van der Waals surface area contributed by atoms with E-state index in [-0.39, 0.29) is 11.7 Å². The number of carboxylic acids is 1. The Labute approximate surface area is 123 Å². The van der Waals surface area contributed by atoms with Gasteiger partial charge in [-0.3, -0.25) is 0 Å². The minimum atomic E-state index is -1.05. The average molecular weight is 289 g/mol. The SMILES string of the molecule is O=C(NCc1ccc(C(=O)O)nc1)NC1CC2CCC1C2. The molecule has 1 aromatic heterocycles. The van der Waals surface area contributed by atoms with Crippen molar-refractivity contribution in [2.75, 3.05) is 0 Å². The number of aromatic carboxylic acids is 1. The Kier molecular flexibility index (Phi) is 3.77. The van der Waals surface area contributed by atoms with E-state index in [2.05, 4.69) is 15.6 Å². The van der Waals surface area contributed by atoms with E-state index in [1.54, 1.807) is 6.07 Å². The molecule has 3 atom stereocenters. The molecule has 2 fully saturated rings. The quantitative estimate of drug-likeness (QED) is 0.787. The molecule has 0 aromatic carbocycles. The maximum Gasteiger partial charge on any atom is 0.354 e. The first-order chi connectivity index (χ1) is 10.1. The number of urea groups is 1. The molecule has 0 radical (unpaired) electrons. The standard InChI is InChI=1S/C15H19N3O3/c19-14(20)12-4-2-10(7-16-12)8-17-15(21)18-13-6-9-1-3-11(13)5-9/h2,4,7,9,11,13H,1,3,5-6,8H2,(H,19,20)(H2,17,18,21). The number of aromatic nitrogens is 1. The van der Waals surface area contributed by atoms with Crippen LogP contribution in [0.25, 0.3) is 0 Å². The second-order valence-corrected chi connectivity index (χ2v) is 5.97. The summed E-state index contributed by atoms with van der Waals surface area (Å²) in [6, 6.07) is 3.26. The van der Waals surface area contributed by atoms with E-state index < -0.39 is 5.97 Å². The number of nitrogens with zero attached hydrogens (tertiary/aromatic N) is 1. The number of carbonyl (C=O) groups excluding carboxylic acids is 1. The first-order valence-corrected chi connectivity index (χ1v) is 7.34. The molecule has 112 valence electrons. The van der Waals surface area contributed by atoms with Crippen LogP contribution in [0.5, 0.6) is 0 Å². The molecule has 0 aliphatic heterocycles. The van der Waals surface area contributed by atoms with E-state index in [9.17, 15) is 9.59 Å². The smallest absolute Gasteiger partial charge is 0.354 e. The van der Waals surface area contributed by atoms with Crippen molar-refractivity contribution < 1.29 is 14.7 Å². The largest absolute Gasteiger partial charge is 0.477 e. The first kappa shape index (κ1) is 13.9. The van der Waals surface area contributed by atoms with Crippen molar-refractivity contribution in [2.24, 2.45) is 11.8 Å². The lowest BCUT2D eigenvalue weighted by molar-refractivity contribution is 0.0690. The van der Waals surface area contributed by atoms with Gasteiger partial charge in [0.1, 0.15) is 5.69 Å². The Hall–Kier alpha value is -2.11. The highest BCUT2D eigenvalue weighted by atomic mass is 16.4. The first-order valence-electron chi connectivity index (χ1n) is 7.34. The van der Waals surface area contributed by atoms with Gasteiger partial charge in [0.15, 0.2) is 0 Å². The van der Waals surface area contributed by atoms with Crippen LogP contribution in [0.2, 0.25) is 0 Å². The number of hydrogen-bond donors (Lipinski definition) is 3. The fourth-order valence-corrected chi connectivity index (χ4v) is 3.48. The average Bonchev–Trinajstić information content (AvgIpc) is 3.08. The number of amides is 2. The molecule has 2 amide bonds. The van der Waals surface area contributed by atoms with Crippen molar-refractivity contribution in [3.63, 3.8) is 0 Å². The van der Waals surface area contributed by atoms with Gasteiger partial charge in [-0.1, -0.05) is 12.5 Å². The predicted octanol–water partition coefficient (Wildman–Crippen LogP) is 1.77. The van der Waals surface area contributed by atoms with E-state index >= 15 is 0 Å². The van der Waals surface area contributed by atoms with E-state index in [1.807, 2.05) is 0 Å². The fourth-order valence-electron chi connectivity index (χ4n) is 3.48. The van der Waals surface area contributed by atoms with Gasteiger partial charge in [0.05, 0.1) is 0 Å². The highest BCUT2D eigenvalue weighted by Gasteiger charge is 2.40. The Morgan fingerprint density at radius 3 is 2.71 bits per heavy atom. The summed E-state index contributed by atoms with van der Waals surface area (Å²) in [5, 5.41) is 14.6. The van der Waals surface area contributed by atoms with Crippen molar-refractivity contribution in [1.82, 2.24) is 15.6 Å². The molecular weight excluding hydrogens is 270 g/mol. The summed E-state index contributed by atoms with van der Waals surface area (Å²) in [5.41, 5.74) is 0.785. The van der Waals surface area contributed by atoms with Gasteiger partial charge in [-0.05, 0) is 42.7 Å². The molecule has 2 aliphatic rings. The van der Waals surface area contributed by atoms with Crippen LogP contribution in [0.15, 0.2) is 18.3 Å². The van der Waals surface area contributed by atoms with Crippen LogP contribution in [-0.2, 0) is 6.54 Å². The molecule has 2 aliphatic carbocycles. The third-order valence-electron chi connectivity index (χ3n) is 4.55.